The van der Waals surface area contributed by atoms with Gasteiger partial charge in [-0.2, -0.15) is 0 Å². The van der Waals surface area contributed by atoms with E-state index in [0.29, 0.717) is 6.54 Å². The molecular formula is C10H12N4O. The van der Waals surface area contributed by atoms with E-state index >= 15 is 0 Å². The van der Waals surface area contributed by atoms with Crippen molar-refractivity contribution in [3.63, 3.8) is 0 Å². The molecular weight excluding hydrogens is 192 g/mol. The zero-order valence-corrected chi connectivity index (χ0v) is 8.42. The van der Waals surface area contributed by atoms with Crippen LogP contribution in [-0.4, -0.2) is 21.9 Å². The van der Waals surface area contributed by atoms with E-state index in [1.165, 1.54) is 0 Å². The highest BCUT2D eigenvalue weighted by atomic mass is 16.5. The molecule has 0 unspecified atom stereocenters. The Kier molecular flexibility index (Phi) is 2.64. The molecule has 0 aliphatic carbocycles. The largest absolute Gasteiger partial charge is 0.497 e. The third-order valence-corrected chi connectivity index (χ3v) is 2.20. The number of aromatic nitrogens is 3. The summed E-state index contributed by atoms with van der Waals surface area (Å²) in [6, 6.07) is 5.73. The van der Waals surface area contributed by atoms with Gasteiger partial charge in [0.2, 0.25) is 0 Å². The van der Waals surface area contributed by atoms with Gasteiger partial charge in [0.05, 0.1) is 12.8 Å². The van der Waals surface area contributed by atoms with Crippen molar-refractivity contribution >= 4 is 0 Å². The summed E-state index contributed by atoms with van der Waals surface area (Å²) in [6.45, 7) is 0.449. The minimum atomic E-state index is 0.449. The lowest BCUT2D eigenvalue weighted by Gasteiger charge is -2.09. The fourth-order valence-corrected chi connectivity index (χ4v) is 1.43. The van der Waals surface area contributed by atoms with Crippen LogP contribution in [-0.2, 0) is 6.54 Å². The van der Waals surface area contributed by atoms with Crippen LogP contribution >= 0.6 is 0 Å². The zero-order chi connectivity index (χ0) is 10.7. The number of hydrogen-bond acceptors (Lipinski definition) is 4. The minimum absolute atomic E-state index is 0.449. The SMILES string of the molecule is COc1ccc(-n2cnnc2)c(CN)c1. The maximum absolute atomic E-state index is 5.67. The molecule has 0 aliphatic rings. The predicted octanol–water partition coefficient (Wildman–Crippen LogP) is 0.735. The predicted molar refractivity (Wildman–Crippen MR) is 55.8 cm³/mol. The first-order valence-corrected chi connectivity index (χ1v) is 4.57. The van der Waals surface area contributed by atoms with Crippen LogP contribution in [0.25, 0.3) is 5.69 Å². The summed E-state index contributed by atoms with van der Waals surface area (Å²) in [5.41, 5.74) is 7.64. The van der Waals surface area contributed by atoms with Gasteiger partial charge in [0, 0.05) is 6.54 Å². The van der Waals surface area contributed by atoms with E-state index in [1.807, 2.05) is 22.8 Å². The lowest BCUT2D eigenvalue weighted by atomic mass is 10.1. The van der Waals surface area contributed by atoms with Crippen molar-refractivity contribution < 1.29 is 4.74 Å². The number of nitrogens with zero attached hydrogens (tertiary/aromatic N) is 3. The van der Waals surface area contributed by atoms with Crippen LogP contribution in [0.4, 0.5) is 0 Å². The van der Waals surface area contributed by atoms with Gasteiger partial charge >= 0.3 is 0 Å². The van der Waals surface area contributed by atoms with Crippen molar-refractivity contribution in [1.82, 2.24) is 14.8 Å². The Morgan fingerprint density at radius 3 is 2.67 bits per heavy atom. The average molecular weight is 204 g/mol. The molecule has 2 aromatic rings. The second kappa shape index (κ2) is 4.10. The van der Waals surface area contributed by atoms with Crippen LogP contribution in [0.15, 0.2) is 30.9 Å². The van der Waals surface area contributed by atoms with Gasteiger partial charge in [-0.3, -0.25) is 4.57 Å². The van der Waals surface area contributed by atoms with Gasteiger partial charge in [0.15, 0.2) is 0 Å². The van der Waals surface area contributed by atoms with Crippen molar-refractivity contribution in [3.05, 3.63) is 36.4 Å². The van der Waals surface area contributed by atoms with Crippen LogP contribution in [0.2, 0.25) is 0 Å². The van der Waals surface area contributed by atoms with Crippen molar-refractivity contribution in [3.8, 4) is 11.4 Å². The fourth-order valence-electron chi connectivity index (χ4n) is 1.43. The van der Waals surface area contributed by atoms with Crippen molar-refractivity contribution in [2.45, 2.75) is 6.54 Å². The molecule has 0 fully saturated rings. The summed E-state index contributed by atoms with van der Waals surface area (Å²) >= 11 is 0. The molecule has 0 aliphatic heterocycles. The van der Waals surface area contributed by atoms with E-state index in [9.17, 15) is 0 Å². The second-order valence-electron chi connectivity index (χ2n) is 3.07. The Morgan fingerprint density at radius 1 is 1.33 bits per heavy atom. The van der Waals surface area contributed by atoms with Gasteiger partial charge in [-0.15, -0.1) is 10.2 Å². The Balaban J connectivity index is 2.48. The highest BCUT2D eigenvalue weighted by Crippen LogP contribution is 2.20. The van der Waals surface area contributed by atoms with E-state index < -0.39 is 0 Å². The van der Waals surface area contributed by atoms with Crippen molar-refractivity contribution in [2.75, 3.05) is 7.11 Å². The summed E-state index contributed by atoms with van der Waals surface area (Å²) < 4.78 is 6.95. The van der Waals surface area contributed by atoms with Gasteiger partial charge in [-0.1, -0.05) is 0 Å². The molecule has 1 heterocycles. The summed E-state index contributed by atoms with van der Waals surface area (Å²) in [7, 11) is 1.63. The standard InChI is InChI=1S/C10H12N4O/c1-15-9-2-3-10(8(4-9)5-11)14-6-12-13-7-14/h2-4,6-7H,5,11H2,1H3. The van der Waals surface area contributed by atoms with Gasteiger partial charge < -0.3 is 10.5 Å². The van der Waals surface area contributed by atoms with E-state index in [-0.39, 0.29) is 0 Å². The molecule has 0 amide bonds. The first-order valence-electron chi connectivity index (χ1n) is 4.57. The Labute approximate surface area is 87.5 Å². The summed E-state index contributed by atoms with van der Waals surface area (Å²) in [5.74, 6) is 0.798. The normalized spacial score (nSPS) is 10.3. The number of hydrogen-bond donors (Lipinski definition) is 1. The van der Waals surface area contributed by atoms with Crippen molar-refractivity contribution in [2.24, 2.45) is 5.73 Å². The highest BCUT2D eigenvalue weighted by molar-refractivity contribution is 5.45. The molecule has 1 aromatic carbocycles. The number of ether oxygens (including phenoxy) is 1. The van der Waals surface area contributed by atoms with Gasteiger partial charge in [-0.25, -0.2) is 0 Å². The molecule has 2 rings (SSSR count). The molecule has 78 valence electrons. The summed E-state index contributed by atoms with van der Waals surface area (Å²) in [5, 5.41) is 7.51. The molecule has 1 aromatic heterocycles. The van der Waals surface area contributed by atoms with E-state index in [1.54, 1.807) is 19.8 Å². The molecule has 0 saturated carbocycles. The van der Waals surface area contributed by atoms with Gasteiger partial charge in [0.25, 0.3) is 0 Å². The first kappa shape index (κ1) is 9.67. The average Bonchev–Trinajstić information content (AvgIpc) is 2.81. The maximum Gasteiger partial charge on any atom is 0.123 e. The molecule has 0 spiro atoms. The Bertz CT molecular complexity index is 439. The van der Waals surface area contributed by atoms with Crippen LogP contribution < -0.4 is 10.5 Å². The van der Waals surface area contributed by atoms with Crippen molar-refractivity contribution in [1.29, 1.82) is 0 Å². The molecule has 0 atom stereocenters. The minimum Gasteiger partial charge on any atom is -0.497 e. The topological polar surface area (TPSA) is 66.0 Å². The lowest BCUT2D eigenvalue weighted by Crippen LogP contribution is -2.03. The van der Waals surface area contributed by atoms with Crippen LogP contribution in [0.5, 0.6) is 5.75 Å². The van der Waals surface area contributed by atoms with Crippen LogP contribution in [0, 0.1) is 0 Å². The first-order chi connectivity index (χ1) is 7.35. The molecule has 0 bridgehead atoms. The molecule has 0 radical (unpaired) electrons. The molecule has 15 heavy (non-hydrogen) atoms. The number of methoxy groups -OCH3 is 1. The summed E-state index contributed by atoms with van der Waals surface area (Å²) in [6.07, 6.45) is 3.28. The monoisotopic (exact) mass is 204 g/mol. The fraction of sp³-hybridized carbons (Fsp3) is 0.200. The molecule has 0 saturated heterocycles. The number of benzene rings is 1. The maximum atomic E-state index is 5.67. The van der Waals surface area contributed by atoms with Gasteiger partial charge in [-0.05, 0) is 23.8 Å². The smallest absolute Gasteiger partial charge is 0.123 e. The quantitative estimate of drug-likeness (QED) is 0.800. The molecule has 5 heteroatoms. The molecule has 2 N–H and O–H groups in total. The number of rotatable bonds is 3. The molecule has 5 nitrogen and oxygen atoms in total. The lowest BCUT2D eigenvalue weighted by molar-refractivity contribution is 0.414. The Hall–Kier alpha value is -1.88. The second-order valence-corrected chi connectivity index (χ2v) is 3.07. The van der Waals surface area contributed by atoms with Crippen LogP contribution in [0.1, 0.15) is 5.56 Å². The highest BCUT2D eigenvalue weighted by Gasteiger charge is 2.04. The van der Waals surface area contributed by atoms with E-state index in [2.05, 4.69) is 10.2 Å². The third-order valence-electron chi connectivity index (χ3n) is 2.20. The number of nitrogens with two attached hydrogens (primary N) is 1. The Morgan fingerprint density at radius 2 is 2.07 bits per heavy atom. The van der Waals surface area contributed by atoms with Crippen LogP contribution in [0.3, 0.4) is 0 Å². The van der Waals surface area contributed by atoms with E-state index in [0.717, 1.165) is 17.0 Å². The van der Waals surface area contributed by atoms with Gasteiger partial charge in [0.1, 0.15) is 18.4 Å². The zero-order valence-electron chi connectivity index (χ0n) is 8.42. The third kappa shape index (κ3) is 1.82. The summed E-state index contributed by atoms with van der Waals surface area (Å²) in [4.78, 5) is 0. The van der Waals surface area contributed by atoms with E-state index in [4.69, 9.17) is 10.5 Å².